The highest BCUT2D eigenvalue weighted by Crippen LogP contribution is 2.32. The Bertz CT molecular complexity index is 1380. The number of hydrogen-bond donors (Lipinski definition) is 9. The zero-order valence-electron chi connectivity index (χ0n) is 28.4. The van der Waals surface area contributed by atoms with Crippen molar-refractivity contribution in [3.05, 3.63) is 71.3 Å². The lowest BCUT2D eigenvalue weighted by atomic mass is 9.84. The van der Waals surface area contributed by atoms with E-state index < -0.39 is 24.4 Å². The number of allylic oxidation sites excluding steroid dienone is 2. The van der Waals surface area contributed by atoms with Gasteiger partial charge in [0.2, 0.25) is 0 Å². The number of phenols is 1. The Morgan fingerprint density at radius 2 is 2.02 bits per heavy atom. The SMILES string of the molecule is CCC1C#CCC(C(O)CCc2ccc(O)c(OC(CO)CC(Cc3ccc[nH]3)C3=CCNC(N)=C3)c2)C(O)CCC(NCC(C)O)C1. The molecule has 1 aromatic heterocycles. The molecule has 2 heterocycles. The maximum absolute atomic E-state index is 11.3. The minimum Gasteiger partial charge on any atom is -0.504 e. The Morgan fingerprint density at radius 3 is 2.73 bits per heavy atom. The van der Waals surface area contributed by atoms with Gasteiger partial charge in [0.15, 0.2) is 11.5 Å². The van der Waals surface area contributed by atoms with Gasteiger partial charge >= 0.3 is 0 Å². The summed E-state index contributed by atoms with van der Waals surface area (Å²) in [6.45, 7) is 4.76. The first kappa shape index (κ1) is 37.4. The van der Waals surface area contributed by atoms with Crippen LogP contribution in [0.1, 0.15) is 70.1 Å². The zero-order valence-corrected chi connectivity index (χ0v) is 28.4. The van der Waals surface area contributed by atoms with E-state index in [1.807, 2.05) is 24.4 Å². The molecule has 8 unspecified atom stereocenters. The van der Waals surface area contributed by atoms with Crippen molar-refractivity contribution < 1.29 is 30.3 Å². The molecule has 2 aliphatic rings. The predicted octanol–water partition coefficient (Wildman–Crippen LogP) is 3.25. The molecule has 0 spiro atoms. The number of benzene rings is 1. The summed E-state index contributed by atoms with van der Waals surface area (Å²) < 4.78 is 6.22. The summed E-state index contributed by atoms with van der Waals surface area (Å²) >= 11 is 0. The number of aliphatic hydroxyl groups excluding tert-OH is 4. The third-order valence-electron chi connectivity index (χ3n) is 9.57. The summed E-state index contributed by atoms with van der Waals surface area (Å²) in [4.78, 5) is 3.26. The number of rotatable bonds is 16. The van der Waals surface area contributed by atoms with Crippen molar-refractivity contribution in [2.24, 2.45) is 23.5 Å². The van der Waals surface area contributed by atoms with Gasteiger partial charge in [0.1, 0.15) is 6.10 Å². The molecule has 10 nitrogen and oxygen atoms in total. The monoisotopic (exact) mass is 664 g/mol. The van der Waals surface area contributed by atoms with Crippen LogP contribution in [0.2, 0.25) is 0 Å². The molecule has 2 aromatic rings. The van der Waals surface area contributed by atoms with Gasteiger partial charge < -0.3 is 51.6 Å². The average molecular weight is 665 g/mol. The summed E-state index contributed by atoms with van der Waals surface area (Å²) in [5.74, 6) is 7.33. The van der Waals surface area contributed by atoms with E-state index in [0.717, 1.165) is 36.1 Å². The Morgan fingerprint density at radius 1 is 1.19 bits per heavy atom. The number of phenolic OH excluding ortho intramolecular Hbond substituents is 1. The number of H-pyrrole nitrogens is 1. The number of aliphatic hydroxyl groups is 4. The third-order valence-corrected chi connectivity index (χ3v) is 9.57. The number of aromatic nitrogens is 1. The minimum absolute atomic E-state index is 0.0191. The van der Waals surface area contributed by atoms with E-state index in [4.69, 9.17) is 10.5 Å². The van der Waals surface area contributed by atoms with E-state index >= 15 is 0 Å². The number of hydrogen-bond acceptors (Lipinski definition) is 9. The summed E-state index contributed by atoms with van der Waals surface area (Å²) in [5, 5.41) is 59.7. The molecular weight excluding hydrogens is 608 g/mol. The number of nitrogens with one attached hydrogen (secondary N) is 3. The number of nitrogens with two attached hydrogens (primary N) is 1. The molecule has 48 heavy (non-hydrogen) atoms. The van der Waals surface area contributed by atoms with E-state index in [-0.39, 0.29) is 41.9 Å². The second kappa shape index (κ2) is 18.9. The molecule has 0 fully saturated rings. The van der Waals surface area contributed by atoms with Crippen LogP contribution in [0.15, 0.2) is 60.1 Å². The van der Waals surface area contributed by atoms with Crippen molar-refractivity contribution in [3.8, 4) is 23.3 Å². The normalized spacial score (nSPS) is 24.1. The molecule has 0 radical (unpaired) electrons. The van der Waals surface area contributed by atoms with Crippen molar-refractivity contribution in [1.29, 1.82) is 0 Å². The first-order valence-electron chi connectivity index (χ1n) is 17.5. The first-order valence-corrected chi connectivity index (χ1v) is 17.5. The molecule has 4 rings (SSSR count). The fourth-order valence-electron chi connectivity index (χ4n) is 6.70. The lowest BCUT2D eigenvalue weighted by molar-refractivity contribution is 0.00428. The molecule has 1 aliphatic carbocycles. The zero-order chi connectivity index (χ0) is 34.5. The summed E-state index contributed by atoms with van der Waals surface area (Å²) in [5.41, 5.74) is 9.07. The molecule has 0 amide bonds. The quantitative estimate of drug-likeness (QED) is 0.122. The Balaban J connectivity index is 1.40. The van der Waals surface area contributed by atoms with Crippen LogP contribution >= 0.6 is 0 Å². The van der Waals surface area contributed by atoms with Gasteiger partial charge in [-0.15, -0.1) is 5.92 Å². The van der Waals surface area contributed by atoms with Crippen LogP contribution in [-0.4, -0.2) is 80.7 Å². The lowest BCUT2D eigenvalue weighted by Crippen LogP contribution is -2.38. The van der Waals surface area contributed by atoms with Crippen LogP contribution in [0.25, 0.3) is 0 Å². The molecule has 0 saturated carbocycles. The molecular formula is C38H56N4O6. The van der Waals surface area contributed by atoms with Crippen LogP contribution in [0, 0.1) is 29.6 Å². The Hall–Kier alpha value is -3.46. The largest absolute Gasteiger partial charge is 0.504 e. The first-order chi connectivity index (χ1) is 23.1. The number of aromatic hydroxyl groups is 1. The second-order valence-corrected chi connectivity index (χ2v) is 13.5. The van der Waals surface area contributed by atoms with Crippen LogP contribution in [0.4, 0.5) is 0 Å². The van der Waals surface area contributed by atoms with E-state index in [2.05, 4.69) is 40.5 Å². The topological polar surface area (TPSA) is 176 Å². The molecule has 10 heteroatoms. The Labute approximate surface area is 285 Å². The van der Waals surface area contributed by atoms with Gasteiger partial charge in [0.05, 0.1) is 30.7 Å². The maximum Gasteiger partial charge on any atom is 0.161 e. The second-order valence-electron chi connectivity index (χ2n) is 13.5. The van der Waals surface area contributed by atoms with E-state index in [9.17, 15) is 25.5 Å². The van der Waals surface area contributed by atoms with Gasteiger partial charge in [-0.05, 0) is 106 Å². The van der Waals surface area contributed by atoms with Crippen molar-refractivity contribution >= 4 is 0 Å². The molecule has 1 aliphatic heterocycles. The molecule has 0 saturated heterocycles. The molecule has 10 N–H and O–H groups in total. The van der Waals surface area contributed by atoms with Crippen LogP contribution in [-0.2, 0) is 12.8 Å². The summed E-state index contributed by atoms with van der Waals surface area (Å²) in [6, 6.07) is 9.27. The van der Waals surface area contributed by atoms with Crippen LogP contribution in [0.5, 0.6) is 11.5 Å². The highest BCUT2D eigenvalue weighted by molar-refractivity contribution is 5.42. The van der Waals surface area contributed by atoms with Crippen LogP contribution in [0.3, 0.4) is 0 Å². The molecule has 8 atom stereocenters. The summed E-state index contributed by atoms with van der Waals surface area (Å²) in [7, 11) is 0. The van der Waals surface area contributed by atoms with Crippen molar-refractivity contribution in [1.82, 2.24) is 15.6 Å². The fraction of sp³-hybridized carbons (Fsp3) is 0.579. The van der Waals surface area contributed by atoms with Gasteiger partial charge in [-0.3, -0.25) is 0 Å². The predicted molar refractivity (Wildman–Crippen MR) is 188 cm³/mol. The standard InChI is InChI=1S/C38H56N4O6/c1-3-26-6-4-8-33(35(46)14-11-31(18-26)42-23-25(2)44)34(45)12-9-27-10-13-36(47)37(19-27)48-32(24-43)21-29(20-30-7-5-16-40-30)28-15-17-41-38(39)22-28/h5,7,10,13,15-16,19,22,25-26,29,31-35,40-47H,3,8-9,11-12,14,17-18,20-21,23-24,39H2,1-2H3. The fourth-order valence-corrected chi connectivity index (χ4v) is 6.70. The number of aryl methyl sites for hydroxylation is 1. The molecule has 264 valence electrons. The van der Waals surface area contributed by atoms with Crippen LogP contribution < -0.4 is 21.1 Å². The van der Waals surface area contributed by atoms with E-state index in [1.54, 1.807) is 25.1 Å². The highest BCUT2D eigenvalue weighted by atomic mass is 16.5. The van der Waals surface area contributed by atoms with Gasteiger partial charge in [-0.2, -0.15) is 0 Å². The third kappa shape index (κ3) is 11.6. The maximum atomic E-state index is 11.3. The Kier molecular flexibility index (Phi) is 14.7. The minimum atomic E-state index is -0.770. The van der Waals surface area contributed by atoms with Gasteiger partial charge in [-0.25, -0.2) is 0 Å². The van der Waals surface area contributed by atoms with E-state index in [0.29, 0.717) is 57.4 Å². The van der Waals surface area contributed by atoms with Crippen molar-refractivity contribution in [3.63, 3.8) is 0 Å². The van der Waals surface area contributed by atoms with Gasteiger partial charge in [0, 0.05) is 49.3 Å². The van der Waals surface area contributed by atoms with Crippen molar-refractivity contribution in [2.75, 3.05) is 19.7 Å². The smallest absolute Gasteiger partial charge is 0.161 e. The van der Waals surface area contributed by atoms with Gasteiger partial charge in [0.25, 0.3) is 0 Å². The highest BCUT2D eigenvalue weighted by Gasteiger charge is 2.29. The van der Waals surface area contributed by atoms with E-state index in [1.165, 1.54) is 0 Å². The molecule has 1 aromatic carbocycles. The number of aromatic amines is 1. The van der Waals surface area contributed by atoms with Gasteiger partial charge in [-0.1, -0.05) is 25.0 Å². The molecule has 0 bridgehead atoms. The number of dihydropyridines is 1. The summed E-state index contributed by atoms with van der Waals surface area (Å²) in [6.07, 6.45) is 9.02. The lowest BCUT2D eigenvalue weighted by Gasteiger charge is -2.30. The average Bonchev–Trinajstić information content (AvgIpc) is 3.59. The number of ether oxygens (including phenoxy) is 1. The van der Waals surface area contributed by atoms with Crippen molar-refractivity contribution in [2.45, 2.75) is 102 Å².